The monoisotopic (exact) mass is 455 g/mol. The Labute approximate surface area is 189 Å². The van der Waals surface area contributed by atoms with Crippen LogP contribution in [0.2, 0.25) is 5.02 Å². The number of carbonyl (C=O) groups excluding carboxylic acids is 2. The number of anilines is 2. The van der Waals surface area contributed by atoms with Gasteiger partial charge in [0.25, 0.3) is 5.91 Å². The first-order valence-electron chi connectivity index (χ1n) is 9.96. The third kappa shape index (κ3) is 4.70. The first-order valence-corrected chi connectivity index (χ1v) is 11.2. The normalized spacial score (nSPS) is 15.7. The third-order valence-corrected chi connectivity index (χ3v) is 6.66. The van der Waals surface area contributed by atoms with Crippen molar-refractivity contribution in [2.24, 2.45) is 0 Å². The van der Waals surface area contributed by atoms with E-state index in [9.17, 15) is 9.59 Å². The second-order valence-corrected chi connectivity index (χ2v) is 8.88. The molecule has 2 heterocycles. The quantitative estimate of drug-likeness (QED) is 0.549. The largest absolute Gasteiger partial charge is 0.322 e. The first-order chi connectivity index (χ1) is 14.9. The molecule has 0 bridgehead atoms. The summed E-state index contributed by atoms with van der Waals surface area (Å²) in [6, 6.07) is 12.3. The van der Waals surface area contributed by atoms with E-state index in [1.54, 1.807) is 29.2 Å². The van der Waals surface area contributed by atoms with Gasteiger partial charge < -0.3 is 15.5 Å². The molecule has 0 spiro atoms. The number of nitrogens with zero attached hydrogens (tertiary/aromatic N) is 3. The zero-order valence-electron chi connectivity index (χ0n) is 17.2. The summed E-state index contributed by atoms with van der Waals surface area (Å²) >= 11 is 7.09. The molecule has 1 fully saturated rings. The van der Waals surface area contributed by atoms with E-state index in [0.717, 1.165) is 29.7 Å². The van der Waals surface area contributed by atoms with E-state index in [1.807, 2.05) is 32.0 Å². The molecule has 1 aromatic heterocycles. The van der Waals surface area contributed by atoms with Crippen molar-refractivity contribution in [3.63, 3.8) is 0 Å². The van der Waals surface area contributed by atoms with Crippen LogP contribution >= 0.6 is 22.9 Å². The number of amides is 3. The summed E-state index contributed by atoms with van der Waals surface area (Å²) in [5, 5.41) is 15.6. The minimum atomic E-state index is -0.338. The van der Waals surface area contributed by atoms with Crippen LogP contribution < -0.4 is 10.6 Å². The van der Waals surface area contributed by atoms with Crippen molar-refractivity contribution in [3.05, 3.63) is 68.6 Å². The minimum absolute atomic E-state index is 0.168. The second-order valence-electron chi connectivity index (χ2n) is 7.44. The van der Waals surface area contributed by atoms with Crippen LogP contribution in [0.4, 0.5) is 16.2 Å². The fourth-order valence-corrected chi connectivity index (χ4v) is 4.53. The van der Waals surface area contributed by atoms with Crippen LogP contribution in [0.25, 0.3) is 0 Å². The lowest BCUT2D eigenvalue weighted by atomic mass is 10.1. The number of aromatic nitrogens is 2. The highest BCUT2D eigenvalue weighted by molar-refractivity contribution is 7.13. The van der Waals surface area contributed by atoms with Gasteiger partial charge >= 0.3 is 6.03 Å². The topological polar surface area (TPSA) is 87.2 Å². The molecule has 3 aromatic rings. The highest BCUT2D eigenvalue weighted by atomic mass is 35.5. The molecular weight excluding hydrogens is 434 g/mol. The molecule has 1 aliphatic heterocycles. The maximum Gasteiger partial charge on any atom is 0.322 e. The summed E-state index contributed by atoms with van der Waals surface area (Å²) in [6.07, 6.45) is 1.66. The number of urea groups is 1. The predicted molar refractivity (Wildman–Crippen MR) is 123 cm³/mol. The van der Waals surface area contributed by atoms with Gasteiger partial charge in [-0.3, -0.25) is 4.79 Å². The Morgan fingerprint density at radius 3 is 2.65 bits per heavy atom. The Kier molecular flexibility index (Phi) is 6.20. The van der Waals surface area contributed by atoms with E-state index in [-0.39, 0.29) is 23.0 Å². The summed E-state index contributed by atoms with van der Waals surface area (Å²) < 4.78 is 0. The Balaban J connectivity index is 1.46. The van der Waals surface area contributed by atoms with Gasteiger partial charge in [0.2, 0.25) is 5.01 Å². The van der Waals surface area contributed by atoms with Gasteiger partial charge in [-0.2, -0.15) is 0 Å². The van der Waals surface area contributed by atoms with Crippen LogP contribution in [0, 0.1) is 13.8 Å². The Bertz CT molecular complexity index is 1120. The molecule has 0 aliphatic carbocycles. The molecule has 1 atom stereocenters. The van der Waals surface area contributed by atoms with E-state index in [1.165, 1.54) is 11.3 Å². The molecule has 1 saturated heterocycles. The number of likely N-dealkylation sites (tertiary alicyclic amines) is 1. The molecule has 2 N–H and O–H groups in total. The summed E-state index contributed by atoms with van der Waals surface area (Å²) in [5.41, 5.74) is 3.59. The zero-order valence-corrected chi connectivity index (χ0v) is 18.8. The lowest BCUT2D eigenvalue weighted by Crippen LogP contribution is -2.34. The Hall–Kier alpha value is -2.97. The Morgan fingerprint density at radius 1 is 1.10 bits per heavy atom. The average molecular weight is 456 g/mol. The summed E-state index contributed by atoms with van der Waals surface area (Å²) in [6.45, 7) is 4.64. The van der Waals surface area contributed by atoms with E-state index >= 15 is 0 Å². The summed E-state index contributed by atoms with van der Waals surface area (Å²) in [5.74, 6) is -0.338. The molecule has 31 heavy (non-hydrogen) atoms. The minimum Gasteiger partial charge on any atom is -0.320 e. The molecule has 9 heteroatoms. The van der Waals surface area contributed by atoms with Crippen LogP contribution in [0.1, 0.15) is 44.8 Å². The second kappa shape index (κ2) is 9.03. The van der Waals surface area contributed by atoms with Crippen LogP contribution in [-0.4, -0.2) is 33.6 Å². The molecule has 0 radical (unpaired) electrons. The van der Waals surface area contributed by atoms with E-state index < -0.39 is 0 Å². The first kappa shape index (κ1) is 21.3. The molecule has 1 aliphatic rings. The average Bonchev–Trinajstić information content (AvgIpc) is 3.42. The van der Waals surface area contributed by atoms with Crippen LogP contribution in [0.5, 0.6) is 0 Å². The summed E-state index contributed by atoms with van der Waals surface area (Å²) in [7, 11) is 0. The van der Waals surface area contributed by atoms with Crippen molar-refractivity contribution in [3.8, 4) is 0 Å². The van der Waals surface area contributed by atoms with Gasteiger partial charge in [0.15, 0.2) is 0 Å². The fraction of sp³-hybridized carbons (Fsp3) is 0.273. The van der Waals surface area contributed by atoms with Crippen molar-refractivity contribution in [2.75, 3.05) is 17.2 Å². The van der Waals surface area contributed by atoms with Crippen LogP contribution in [0.3, 0.4) is 0 Å². The maximum atomic E-state index is 13.0. The lowest BCUT2D eigenvalue weighted by Gasteiger charge is -2.23. The number of benzene rings is 2. The molecular formula is C22H22ClN5O2S. The molecule has 0 saturated carbocycles. The predicted octanol–water partition coefficient (Wildman–Crippen LogP) is 5.43. The molecule has 160 valence electrons. The third-order valence-electron chi connectivity index (χ3n) is 5.38. The number of nitrogens with one attached hydrogen (secondary N) is 2. The number of aryl methyl sites for hydroxylation is 1. The number of hydrogen-bond acceptors (Lipinski definition) is 5. The molecule has 4 rings (SSSR count). The van der Waals surface area contributed by atoms with Crippen molar-refractivity contribution in [1.29, 1.82) is 0 Å². The number of rotatable bonds is 4. The number of hydrogen-bond donors (Lipinski definition) is 2. The van der Waals surface area contributed by atoms with Gasteiger partial charge in [0, 0.05) is 22.9 Å². The maximum absolute atomic E-state index is 13.0. The highest BCUT2D eigenvalue weighted by Crippen LogP contribution is 2.34. The smallest absolute Gasteiger partial charge is 0.320 e. The molecule has 1 unspecified atom stereocenters. The molecule has 2 aromatic carbocycles. The number of halogens is 1. The number of carbonyl (C=O) groups is 2. The van der Waals surface area contributed by atoms with Crippen molar-refractivity contribution >= 4 is 46.3 Å². The SMILES string of the molecule is Cc1cccc(NC(=O)N2CCCC2c2nnc(C(=O)Nc3ccc(Cl)cc3)s2)c1C. The van der Waals surface area contributed by atoms with E-state index in [4.69, 9.17) is 11.6 Å². The van der Waals surface area contributed by atoms with Crippen molar-refractivity contribution < 1.29 is 9.59 Å². The molecule has 3 amide bonds. The lowest BCUT2D eigenvalue weighted by molar-refractivity contribution is 0.102. The standard InChI is InChI=1S/C22H22ClN5O2S/c1-13-5-3-6-17(14(13)2)25-22(30)28-12-4-7-18(28)20-26-27-21(31-20)19(29)24-16-10-8-15(23)9-11-16/h3,5-6,8-11,18H,4,7,12H2,1-2H3,(H,24,29)(H,25,30). The fourth-order valence-electron chi connectivity index (χ4n) is 3.52. The van der Waals surface area contributed by atoms with E-state index in [0.29, 0.717) is 22.3 Å². The summed E-state index contributed by atoms with van der Waals surface area (Å²) in [4.78, 5) is 27.2. The van der Waals surface area contributed by atoms with Gasteiger partial charge in [0.1, 0.15) is 5.01 Å². The van der Waals surface area contributed by atoms with Crippen molar-refractivity contribution in [1.82, 2.24) is 15.1 Å². The van der Waals surface area contributed by atoms with Gasteiger partial charge in [-0.1, -0.05) is 35.1 Å². The molecule has 7 nitrogen and oxygen atoms in total. The zero-order chi connectivity index (χ0) is 22.0. The van der Waals surface area contributed by atoms with Gasteiger partial charge in [-0.25, -0.2) is 4.79 Å². The highest BCUT2D eigenvalue weighted by Gasteiger charge is 2.33. The van der Waals surface area contributed by atoms with Gasteiger partial charge in [-0.15, -0.1) is 10.2 Å². The van der Waals surface area contributed by atoms with Crippen molar-refractivity contribution in [2.45, 2.75) is 32.7 Å². The van der Waals surface area contributed by atoms with E-state index in [2.05, 4.69) is 20.8 Å². The van der Waals surface area contributed by atoms with Crippen LogP contribution in [0.15, 0.2) is 42.5 Å². The van der Waals surface area contributed by atoms with Gasteiger partial charge in [-0.05, 0) is 68.1 Å². The van der Waals surface area contributed by atoms with Crippen LogP contribution in [-0.2, 0) is 0 Å². The Morgan fingerprint density at radius 2 is 1.87 bits per heavy atom. The van der Waals surface area contributed by atoms with Gasteiger partial charge in [0.05, 0.1) is 6.04 Å².